The number of hydrogen-bond acceptors (Lipinski definition) is 4. The first-order valence-corrected chi connectivity index (χ1v) is 10.4. The lowest BCUT2D eigenvalue weighted by molar-refractivity contribution is -0.0605. The highest BCUT2D eigenvalue weighted by atomic mass is 32.2. The topological polar surface area (TPSA) is 64.6 Å². The molecule has 6 heteroatoms. The van der Waals surface area contributed by atoms with Crippen molar-refractivity contribution in [3.05, 3.63) is 48.0 Å². The summed E-state index contributed by atoms with van der Waals surface area (Å²) in [7, 11) is -3.38. The maximum Gasteiger partial charge on any atom is 0.212 e. The Hall–Kier alpha value is -1.47. The van der Waals surface area contributed by atoms with E-state index in [4.69, 9.17) is 9.47 Å². The van der Waals surface area contributed by atoms with Crippen LogP contribution in [-0.4, -0.2) is 46.1 Å². The third-order valence-electron chi connectivity index (χ3n) is 4.54. The summed E-state index contributed by atoms with van der Waals surface area (Å²) >= 11 is 0. The van der Waals surface area contributed by atoms with Gasteiger partial charge in [-0.15, -0.1) is 0 Å². The zero-order valence-corrected chi connectivity index (χ0v) is 15.3. The monoisotopic (exact) mass is 363 g/mol. The van der Waals surface area contributed by atoms with Gasteiger partial charge in [0.25, 0.3) is 0 Å². The normalized spacial score (nSPS) is 21.5. The Kier molecular flexibility index (Phi) is 6.06. The SMILES string of the molecule is CCO[C@H]1COCC[C@@H]1NS(=O)(=O)CCc1cccc2ccccc12. The number of nitrogens with one attached hydrogen (secondary N) is 1. The first-order valence-electron chi connectivity index (χ1n) is 8.75. The van der Waals surface area contributed by atoms with Crippen molar-refractivity contribution in [2.45, 2.75) is 31.9 Å². The summed E-state index contributed by atoms with van der Waals surface area (Å²) in [5.74, 6) is 0.0667. The van der Waals surface area contributed by atoms with E-state index in [9.17, 15) is 8.42 Å². The van der Waals surface area contributed by atoms with Crippen molar-refractivity contribution in [1.82, 2.24) is 4.72 Å². The Balaban J connectivity index is 1.67. The summed E-state index contributed by atoms with van der Waals surface area (Å²) in [5.41, 5.74) is 1.05. The van der Waals surface area contributed by atoms with Crippen LogP contribution >= 0.6 is 0 Å². The quantitative estimate of drug-likeness (QED) is 0.821. The van der Waals surface area contributed by atoms with Gasteiger partial charge in [-0.1, -0.05) is 42.5 Å². The molecule has 2 atom stereocenters. The van der Waals surface area contributed by atoms with Crippen molar-refractivity contribution in [2.75, 3.05) is 25.6 Å². The number of hydrogen-bond donors (Lipinski definition) is 1. The van der Waals surface area contributed by atoms with Gasteiger partial charge in [0.05, 0.1) is 24.5 Å². The van der Waals surface area contributed by atoms with Crippen LogP contribution in [0.3, 0.4) is 0 Å². The first kappa shape index (κ1) is 18.3. The van der Waals surface area contributed by atoms with Gasteiger partial charge >= 0.3 is 0 Å². The third-order valence-corrected chi connectivity index (χ3v) is 5.94. The molecule has 0 saturated carbocycles. The Morgan fingerprint density at radius 2 is 2.00 bits per heavy atom. The first-order chi connectivity index (χ1) is 12.1. The van der Waals surface area contributed by atoms with Crippen molar-refractivity contribution in [3.63, 3.8) is 0 Å². The van der Waals surface area contributed by atoms with E-state index >= 15 is 0 Å². The van der Waals surface area contributed by atoms with Crippen molar-refractivity contribution in [2.24, 2.45) is 0 Å². The molecule has 0 aliphatic carbocycles. The van der Waals surface area contributed by atoms with Gasteiger partial charge in [-0.3, -0.25) is 0 Å². The molecule has 5 nitrogen and oxygen atoms in total. The van der Waals surface area contributed by atoms with E-state index < -0.39 is 10.0 Å². The fourth-order valence-electron chi connectivity index (χ4n) is 3.27. The molecule has 2 aromatic rings. The molecule has 0 bridgehead atoms. The minimum Gasteiger partial charge on any atom is -0.379 e. The molecule has 0 amide bonds. The molecule has 0 unspecified atom stereocenters. The zero-order chi connectivity index (χ0) is 17.7. The smallest absolute Gasteiger partial charge is 0.212 e. The molecule has 1 saturated heterocycles. The fraction of sp³-hybridized carbons (Fsp3) is 0.474. The largest absolute Gasteiger partial charge is 0.379 e. The molecule has 3 rings (SSSR count). The third kappa shape index (κ3) is 4.79. The van der Waals surface area contributed by atoms with Crippen LogP contribution in [0.1, 0.15) is 18.9 Å². The number of ether oxygens (including phenoxy) is 2. The highest BCUT2D eigenvalue weighted by Crippen LogP contribution is 2.19. The van der Waals surface area contributed by atoms with Crippen LogP contribution in [0, 0.1) is 0 Å². The Labute approximate surface area is 149 Å². The van der Waals surface area contributed by atoms with Crippen LogP contribution in [0.2, 0.25) is 0 Å². The summed E-state index contributed by atoms with van der Waals surface area (Å²) in [6, 6.07) is 13.8. The van der Waals surface area contributed by atoms with Crippen LogP contribution in [-0.2, 0) is 25.9 Å². The summed E-state index contributed by atoms with van der Waals surface area (Å²) in [6.07, 6.45) is 0.906. The van der Waals surface area contributed by atoms with Crippen LogP contribution in [0.25, 0.3) is 10.8 Å². The van der Waals surface area contributed by atoms with Gasteiger partial charge in [0, 0.05) is 13.2 Å². The summed E-state index contributed by atoms with van der Waals surface area (Å²) in [4.78, 5) is 0. The Morgan fingerprint density at radius 1 is 1.20 bits per heavy atom. The number of aryl methyl sites for hydroxylation is 1. The molecule has 1 aliphatic rings. The number of fused-ring (bicyclic) bond motifs is 1. The molecular formula is C19H25NO4S. The van der Waals surface area contributed by atoms with E-state index in [0.717, 1.165) is 16.3 Å². The van der Waals surface area contributed by atoms with Crippen LogP contribution < -0.4 is 4.72 Å². The molecular weight excluding hydrogens is 338 g/mol. The summed E-state index contributed by atoms with van der Waals surface area (Å²) in [5, 5.41) is 2.24. The van der Waals surface area contributed by atoms with Gasteiger partial charge in [-0.05, 0) is 36.1 Å². The second-order valence-corrected chi connectivity index (χ2v) is 8.16. The van der Waals surface area contributed by atoms with Gasteiger partial charge in [0.1, 0.15) is 0 Å². The number of sulfonamides is 1. The van der Waals surface area contributed by atoms with E-state index in [1.54, 1.807) is 0 Å². The molecule has 0 radical (unpaired) electrons. The van der Waals surface area contributed by atoms with Crippen molar-refractivity contribution < 1.29 is 17.9 Å². The molecule has 1 heterocycles. The van der Waals surface area contributed by atoms with Crippen molar-refractivity contribution in [3.8, 4) is 0 Å². The van der Waals surface area contributed by atoms with Gasteiger partial charge in [-0.2, -0.15) is 0 Å². The molecule has 2 aromatic carbocycles. The fourth-order valence-corrected chi connectivity index (χ4v) is 4.61. The Bertz CT molecular complexity index is 799. The van der Waals surface area contributed by atoms with Gasteiger partial charge < -0.3 is 9.47 Å². The van der Waals surface area contributed by atoms with Crippen LogP contribution in [0.5, 0.6) is 0 Å². The van der Waals surface area contributed by atoms with Crippen LogP contribution in [0.15, 0.2) is 42.5 Å². The van der Waals surface area contributed by atoms with E-state index in [2.05, 4.69) is 4.72 Å². The number of benzene rings is 2. The lowest BCUT2D eigenvalue weighted by atomic mass is 10.0. The second kappa shape index (κ2) is 8.27. The van der Waals surface area contributed by atoms with Crippen molar-refractivity contribution >= 4 is 20.8 Å². The molecule has 25 heavy (non-hydrogen) atoms. The highest BCUT2D eigenvalue weighted by Gasteiger charge is 2.29. The van der Waals surface area contributed by atoms with E-state index in [1.807, 2.05) is 49.4 Å². The lowest BCUT2D eigenvalue weighted by Crippen LogP contribution is -2.50. The predicted molar refractivity (Wildman–Crippen MR) is 99.2 cm³/mol. The standard InChI is InChI=1S/C19H25NO4S/c1-2-24-19-14-23-12-10-18(19)20-25(21,22)13-11-16-8-5-7-15-6-3-4-9-17(15)16/h3-9,18-20H,2,10-14H2,1H3/t18-,19-/m0/s1. The van der Waals surface area contributed by atoms with E-state index in [1.165, 1.54) is 0 Å². The minimum absolute atomic E-state index is 0.0667. The lowest BCUT2D eigenvalue weighted by Gasteiger charge is -2.31. The molecule has 1 fully saturated rings. The molecule has 136 valence electrons. The van der Waals surface area contributed by atoms with Gasteiger partial charge in [0.2, 0.25) is 10.0 Å². The summed E-state index contributed by atoms with van der Waals surface area (Å²) < 4.78 is 38.9. The number of rotatable bonds is 7. The van der Waals surface area contributed by atoms with Gasteiger partial charge in [0.15, 0.2) is 0 Å². The second-order valence-electron chi connectivity index (χ2n) is 6.29. The molecule has 0 aromatic heterocycles. The average Bonchev–Trinajstić information content (AvgIpc) is 2.62. The molecule has 1 aliphatic heterocycles. The average molecular weight is 363 g/mol. The minimum atomic E-state index is -3.38. The molecule has 1 N–H and O–H groups in total. The Morgan fingerprint density at radius 3 is 2.84 bits per heavy atom. The maximum absolute atomic E-state index is 12.6. The van der Waals surface area contributed by atoms with Crippen LogP contribution in [0.4, 0.5) is 0 Å². The predicted octanol–water partition coefficient (Wildman–Crippen LogP) is 2.50. The van der Waals surface area contributed by atoms with Crippen molar-refractivity contribution in [1.29, 1.82) is 0 Å². The maximum atomic E-state index is 12.6. The highest BCUT2D eigenvalue weighted by molar-refractivity contribution is 7.89. The zero-order valence-electron chi connectivity index (χ0n) is 14.5. The summed E-state index contributed by atoms with van der Waals surface area (Å²) in [6.45, 7) is 3.44. The van der Waals surface area contributed by atoms with E-state index in [-0.39, 0.29) is 17.9 Å². The van der Waals surface area contributed by atoms with Gasteiger partial charge in [-0.25, -0.2) is 13.1 Å². The molecule has 0 spiro atoms. The van der Waals surface area contributed by atoms with E-state index in [0.29, 0.717) is 32.7 Å².